The molecule has 0 aromatic carbocycles. The van der Waals surface area contributed by atoms with E-state index < -0.39 is 0 Å². The highest BCUT2D eigenvalue weighted by Crippen LogP contribution is 2.11. The number of hydrogen-bond donors (Lipinski definition) is 1. The van der Waals surface area contributed by atoms with E-state index in [1.165, 1.54) is 10.7 Å². The van der Waals surface area contributed by atoms with Gasteiger partial charge in [0.15, 0.2) is 0 Å². The van der Waals surface area contributed by atoms with Crippen molar-refractivity contribution >= 4 is 11.3 Å². The van der Waals surface area contributed by atoms with Crippen molar-refractivity contribution in [3.8, 4) is 0 Å². The molecule has 1 aromatic heterocycles. The molecular formula is C12H23N3S. The van der Waals surface area contributed by atoms with E-state index in [0.717, 1.165) is 26.2 Å². The first kappa shape index (κ1) is 13.6. The second kappa shape index (κ2) is 6.99. The number of hydrogen-bond acceptors (Lipinski definition) is 4. The Hall–Kier alpha value is -0.450. The van der Waals surface area contributed by atoms with Gasteiger partial charge in [-0.1, -0.05) is 20.8 Å². The number of nitrogens with zero attached hydrogens (tertiary/aromatic N) is 2. The topological polar surface area (TPSA) is 28.2 Å². The Morgan fingerprint density at radius 3 is 2.88 bits per heavy atom. The Morgan fingerprint density at radius 2 is 2.25 bits per heavy atom. The van der Waals surface area contributed by atoms with Crippen molar-refractivity contribution in [1.82, 2.24) is 15.2 Å². The summed E-state index contributed by atoms with van der Waals surface area (Å²) in [5.41, 5.74) is 1.19. The van der Waals surface area contributed by atoms with Gasteiger partial charge in [0.05, 0.1) is 5.69 Å². The van der Waals surface area contributed by atoms with Crippen LogP contribution in [0.4, 0.5) is 0 Å². The van der Waals surface area contributed by atoms with Gasteiger partial charge >= 0.3 is 0 Å². The minimum atomic E-state index is 0.700. The number of rotatable bonds is 7. The van der Waals surface area contributed by atoms with Crippen LogP contribution in [-0.4, -0.2) is 30.0 Å². The molecule has 1 rings (SSSR count). The summed E-state index contributed by atoms with van der Waals surface area (Å²) >= 11 is 1.75. The lowest BCUT2D eigenvalue weighted by molar-refractivity contribution is 0.342. The maximum atomic E-state index is 4.61. The lowest BCUT2D eigenvalue weighted by Gasteiger charge is -2.10. The predicted octanol–water partition coefficient (Wildman–Crippen LogP) is 2.34. The molecule has 0 saturated carbocycles. The molecule has 0 bridgehead atoms. The monoisotopic (exact) mass is 241 g/mol. The smallest absolute Gasteiger partial charge is 0.107 e. The van der Waals surface area contributed by atoms with Crippen LogP contribution < -0.4 is 5.32 Å². The quantitative estimate of drug-likeness (QED) is 0.794. The summed E-state index contributed by atoms with van der Waals surface area (Å²) in [7, 11) is 2.12. The second-order valence-corrected chi connectivity index (χ2v) is 5.53. The molecule has 0 aliphatic rings. The lowest BCUT2D eigenvalue weighted by Crippen LogP contribution is -2.19. The molecule has 3 nitrogen and oxygen atoms in total. The molecule has 1 heterocycles. The van der Waals surface area contributed by atoms with E-state index in [1.807, 2.05) is 0 Å². The molecule has 0 spiro atoms. The normalized spacial score (nSPS) is 11.6. The third-order valence-electron chi connectivity index (χ3n) is 2.40. The average Bonchev–Trinajstić information content (AvgIpc) is 2.65. The average molecular weight is 241 g/mol. The largest absolute Gasteiger partial charge is 0.310 e. The fraction of sp³-hybridized carbons (Fsp3) is 0.750. The third kappa shape index (κ3) is 5.05. The maximum Gasteiger partial charge on any atom is 0.107 e. The van der Waals surface area contributed by atoms with Gasteiger partial charge in [-0.05, 0) is 26.1 Å². The summed E-state index contributed by atoms with van der Waals surface area (Å²) in [5.74, 6) is 0.700. The number of nitrogens with one attached hydrogen (secondary N) is 1. The van der Waals surface area contributed by atoms with Crippen molar-refractivity contribution in [3.63, 3.8) is 0 Å². The number of thiazole rings is 1. The van der Waals surface area contributed by atoms with Crippen LogP contribution >= 0.6 is 11.3 Å². The van der Waals surface area contributed by atoms with E-state index in [-0.39, 0.29) is 0 Å². The minimum absolute atomic E-state index is 0.700. The summed E-state index contributed by atoms with van der Waals surface area (Å²) in [5, 5.41) is 6.78. The van der Waals surface area contributed by atoms with Crippen molar-refractivity contribution in [2.24, 2.45) is 5.92 Å². The number of aromatic nitrogens is 1. The molecule has 0 aliphatic heterocycles. The van der Waals surface area contributed by atoms with Gasteiger partial charge in [0, 0.05) is 18.5 Å². The van der Waals surface area contributed by atoms with E-state index in [9.17, 15) is 0 Å². The van der Waals surface area contributed by atoms with E-state index in [1.54, 1.807) is 11.3 Å². The molecule has 4 heteroatoms. The molecule has 1 aromatic rings. The van der Waals surface area contributed by atoms with Crippen LogP contribution in [0.25, 0.3) is 0 Å². The zero-order valence-corrected chi connectivity index (χ0v) is 11.6. The lowest BCUT2D eigenvalue weighted by atomic mass is 10.2. The van der Waals surface area contributed by atoms with Crippen LogP contribution in [-0.2, 0) is 13.1 Å². The van der Waals surface area contributed by atoms with Gasteiger partial charge in [0.25, 0.3) is 0 Å². The summed E-state index contributed by atoms with van der Waals surface area (Å²) < 4.78 is 0. The molecule has 16 heavy (non-hydrogen) atoms. The third-order valence-corrected chi connectivity index (χ3v) is 3.30. The maximum absolute atomic E-state index is 4.61. The van der Waals surface area contributed by atoms with Crippen molar-refractivity contribution < 1.29 is 0 Å². The van der Waals surface area contributed by atoms with E-state index in [2.05, 4.69) is 48.4 Å². The van der Waals surface area contributed by atoms with Gasteiger partial charge in [-0.25, -0.2) is 4.98 Å². The van der Waals surface area contributed by atoms with Crippen LogP contribution in [0.3, 0.4) is 0 Å². The molecular weight excluding hydrogens is 218 g/mol. The molecule has 1 N–H and O–H groups in total. The zero-order valence-electron chi connectivity index (χ0n) is 10.8. The standard InChI is InChI=1S/C12H23N3S/c1-5-15(4)8-11-9-16-12(14-11)7-13-6-10(2)3/h9-10,13H,5-8H2,1-4H3. The van der Waals surface area contributed by atoms with Gasteiger partial charge in [0.1, 0.15) is 5.01 Å². The fourth-order valence-electron chi connectivity index (χ4n) is 1.36. The van der Waals surface area contributed by atoms with Crippen LogP contribution in [0.15, 0.2) is 5.38 Å². The Bertz CT molecular complexity index is 296. The van der Waals surface area contributed by atoms with Gasteiger partial charge in [-0.15, -0.1) is 11.3 Å². The highest BCUT2D eigenvalue weighted by molar-refractivity contribution is 7.09. The highest BCUT2D eigenvalue weighted by Gasteiger charge is 2.04. The van der Waals surface area contributed by atoms with Crippen molar-refractivity contribution in [3.05, 3.63) is 16.1 Å². The van der Waals surface area contributed by atoms with E-state index in [0.29, 0.717) is 5.92 Å². The molecule has 0 saturated heterocycles. The molecule has 0 aliphatic carbocycles. The Balaban J connectivity index is 2.33. The van der Waals surface area contributed by atoms with Crippen molar-refractivity contribution in [1.29, 1.82) is 0 Å². The van der Waals surface area contributed by atoms with Crippen LogP contribution in [0.5, 0.6) is 0 Å². The van der Waals surface area contributed by atoms with Gasteiger partial charge in [-0.3, -0.25) is 0 Å². The van der Waals surface area contributed by atoms with Gasteiger partial charge in [-0.2, -0.15) is 0 Å². The summed E-state index contributed by atoms with van der Waals surface area (Å²) in [4.78, 5) is 6.87. The van der Waals surface area contributed by atoms with E-state index in [4.69, 9.17) is 0 Å². The second-order valence-electron chi connectivity index (χ2n) is 4.59. The Labute approximate surface area is 103 Å². The highest BCUT2D eigenvalue weighted by atomic mass is 32.1. The van der Waals surface area contributed by atoms with Crippen molar-refractivity contribution in [2.75, 3.05) is 20.1 Å². The molecule has 0 fully saturated rings. The van der Waals surface area contributed by atoms with Crippen LogP contribution in [0.1, 0.15) is 31.5 Å². The summed E-state index contributed by atoms with van der Waals surface area (Å²) in [6, 6.07) is 0. The van der Waals surface area contributed by atoms with Gasteiger partial charge in [0.2, 0.25) is 0 Å². The first-order chi connectivity index (χ1) is 7.61. The Morgan fingerprint density at radius 1 is 1.50 bits per heavy atom. The molecule has 0 amide bonds. The summed E-state index contributed by atoms with van der Waals surface area (Å²) in [6.45, 7) is 10.6. The minimum Gasteiger partial charge on any atom is -0.310 e. The first-order valence-electron chi connectivity index (χ1n) is 5.94. The van der Waals surface area contributed by atoms with E-state index >= 15 is 0 Å². The molecule has 0 atom stereocenters. The Kier molecular flexibility index (Phi) is 5.95. The SMILES string of the molecule is CCN(C)Cc1csc(CNCC(C)C)n1. The van der Waals surface area contributed by atoms with Crippen LogP contribution in [0.2, 0.25) is 0 Å². The molecule has 0 unspecified atom stereocenters. The predicted molar refractivity (Wildman–Crippen MR) is 70.7 cm³/mol. The first-order valence-corrected chi connectivity index (χ1v) is 6.82. The van der Waals surface area contributed by atoms with Crippen LogP contribution in [0, 0.1) is 5.92 Å². The van der Waals surface area contributed by atoms with Crippen molar-refractivity contribution in [2.45, 2.75) is 33.9 Å². The zero-order chi connectivity index (χ0) is 12.0. The van der Waals surface area contributed by atoms with Gasteiger partial charge < -0.3 is 10.2 Å². The fourth-order valence-corrected chi connectivity index (χ4v) is 2.11. The molecule has 0 radical (unpaired) electrons. The summed E-state index contributed by atoms with van der Waals surface area (Å²) in [6.07, 6.45) is 0. The molecule has 92 valence electrons.